The molecule has 3 atom stereocenters. The number of rotatable bonds is 5. The lowest BCUT2D eigenvalue weighted by Crippen LogP contribution is -2.49. The van der Waals surface area contributed by atoms with Crippen molar-refractivity contribution in [3.05, 3.63) is 83.9 Å². The van der Waals surface area contributed by atoms with Gasteiger partial charge in [0.25, 0.3) is 10.0 Å². The molecule has 10 heteroatoms. The Balaban J connectivity index is 1.36. The minimum Gasteiger partial charge on any atom is -0.487 e. The van der Waals surface area contributed by atoms with Gasteiger partial charge in [0.05, 0.1) is 29.1 Å². The van der Waals surface area contributed by atoms with Crippen molar-refractivity contribution in [2.75, 3.05) is 0 Å². The summed E-state index contributed by atoms with van der Waals surface area (Å²) in [6.07, 6.45) is -5.10. The fourth-order valence-corrected chi connectivity index (χ4v) is 6.68. The van der Waals surface area contributed by atoms with Gasteiger partial charge in [0.2, 0.25) is 5.91 Å². The number of hydrogen-bond donors (Lipinski definition) is 1. The van der Waals surface area contributed by atoms with Crippen molar-refractivity contribution in [2.45, 2.75) is 62.0 Å². The first kappa shape index (κ1) is 27.2. The summed E-state index contributed by atoms with van der Waals surface area (Å²) in [4.78, 5) is 11.8. The van der Waals surface area contributed by atoms with Gasteiger partial charge in [-0.15, -0.1) is 0 Å². The molecule has 6 nitrogen and oxygen atoms in total. The van der Waals surface area contributed by atoms with Crippen molar-refractivity contribution >= 4 is 15.9 Å². The molecule has 206 valence electrons. The Hall–Kier alpha value is -3.37. The highest BCUT2D eigenvalue weighted by Gasteiger charge is 2.48. The predicted octanol–water partition coefficient (Wildman–Crippen LogP) is 6.27. The quantitative estimate of drug-likeness (QED) is 0.398. The third-order valence-electron chi connectivity index (χ3n) is 7.34. The number of hydrogen-bond acceptors (Lipinski definition) is 5. The molecular formula is C29H28F3NO5S. The molecular weight excluding hydrogens is 531 g/mol. The van der Waals surface area contributed by atoms with Crippen LogP contribution in [0, 0.1) is 5.92 Å². The number of fused-ring (bicyclic) bond motifs is 3. The van der Waals surface area contributed by atoms with E-state index in [9.17, 15) is 26.4 Å². The summed E-state index contributed by atoms with van der Waals surface area (Å²) in [6, 6.07) is 19.5. The summed E-state index contributed by atoms with van der Waals surface area (Å²) in [6.45, 7) is 3.97. The molecule has 0 unspecified atom stereocenters. The van der Waals surface area contributed by atoms with Gasteiger partial charge in [-0.2, -0.15) is 13.2 Å². The van der Waals surface area contributed by atoms with Gasteiger partial charge in [0.1, 0.15) is 11.4 Å². The Bertz CT molecular complexity index is 1490. The molecule has 39 heavy (non-hydrogen) atoms. The van der Waals surface area contributed by atoms with Crippen LogP contribution < -0.4 is 9.46 Å². The summed E-state index contributed by atoms with van der Waals surface area (Å²) in [5.74, 6) is -0.268. The van der Waals surface area contributed by atoms with Crippen molar-refractivity contribution < 1.29 is 35.9 Å². The Morgan fingerprint density at radius 3 is 2.38 bits per heavy atom. The average Bonchev–Trinajstić information content (AvgIpc) is 2.88. The van der Waals surface area contributed by atoms with Gasteiger partial charge < -0.3 is 9.47 Å². The molecule has 0 radical (unpaired) electrons. The zero-order chi connectivity index (χ0) is 28.0. The monoisotopic (exact) mass is 559 g/mol. The SMILES string of the molecule is CC1(C)Oc2ccc(-c3ccccc3)cc2[C@@H]2O[C@H](CC(=O)NS(=O)(=O)c3ccccc3C(F)(F)F)CC[C@H]21. The average molecular weight is 560 g/mol. The van der Waals surface area contributed by atoms with E-state index in [4.69, 9.17) is 9.47 Å². The fraction of sp³-hybridized carbons (Fsp3) is 0.345. The molecule has 0 aliphatic carbocycles. The lowest BCUT2D eigenvalue weighted by molar-refractivity contribution is -0.155. The highest BCUT2D eigenvalue weighted by molar-refractivity contribution is 7.90. The number of amides is 1. The first-order valence-electron chi connectivity index (χ1n) is 12.6. The summed E-state index contributed by atoms with van der Waals surface area (Å²) >= 11 is 0. The van der Waals surface area contributed by atoms with E-state index in [0.717, 1.165) is 28.8 Å². The summed E-state index contributed by atoms with van der Waals surface area (Å²) in [5.41, 5.74) is 0.978. The van der Waals surface area contributed by atoms with Crippen LogP contribution in [0.15, 0.2) is 77.7 Å². The van der Waals surface area contributed by atoms with E-state index in [-0.39, 0.29) is 12.3 Å². The van der Waals surface area contributed by atoms with Gasteiger partial charge in [-0.1, -0.05) is 48.5 Å². The first-order chi connectivity index (χ1) is 18.3. The van der Waals surface area contributed by atoms with E-state index in [0.29, 0.717) is 24.7 Å². The molecule has 0 bridgehead atoms. The van der Waals surface area contributed by atoms with Gasteiger partial charge in [-0.05, 0) is 62.1 Å². The molecule has 1 amide bonds. The van der Waals surface area contributed by atoms with Crippen LogP contribution in [0.5, 0.6) is 5.75 Å². The van der Waals surface area contributed by atoms with Crippen LogP contribution in [-0.4, -0.2) is 26.0 Å². The smallest absolute Gasteiger partial charge is 0.417 e. The zero-order valence-electron chi connectivity index (χ0n) is 21.4. The number of ether oxygens (including phenoxy) is 2. The normalized spacial score (nSPS) is 22.2. The second-order valence-electron chi connectivity index (χ2n) is 10.4. The second-order valence-corrected chi connectivity index (χ2v) is 12.1. The van der Waals surface area contributed by atoms with Gasteiger partial charge in [-0.3, -0.25) is 4.79 Å². The van der Waals surface area contributed by atoms with Crippen LogP contribution in [0.25, 0.3) is 11.1 Å². The molecule has 2 aliphatic rings. The van der Waals surface area contributed by atoms with Crippen molar-refractivity contribution in [3.8, 4) is 16.9 Å². The molecule has 2 aliphatic heterocycles. The highest BCUT2D eigenvalue weighted by atomic mass is 32.2. The Morgan fingerprint density at radius 2 is 1.67 bits per heavy atom. The molecule has 0 aromatic heterocycles. The third kappa shape index (κ3) is 5.53. The summed E-state index contributed by atoms with van der Waals surface area (Å²) in [7, 11) is -4.75. The molecule has 3 aromatic rings. The highest BCUT2D eigenvalue weighted by Crippen LogP contribution is 2.51. The standard InChI is InChI=1S/C29H28F3NO5S/c1-28(2)23-14-13-20(17-26(34)33-39(35,36)25-11-7-6-10-22(25)29(30,31)32)37-27(23)21-16-19(12-15-24(21)38-28)18-8-4-3-5-9-18/h3-12,15-16,20,23,27H,13-14,17H2,1-2H3,(H,33,34)/t20-,23+,27-/m0/s1. The number of benzene rings is 3. The van der Waals surface area contributed by atoms with Gasteiger partial charge >= 0.3 is 6.18 Å². The molecule has 1 saturated heterocycles. The summed E-state index contributed by atoms with van der Waals surface area (Å²) < 4.78 is 80.0. The van der Waals surface area contributed by atoms with Gasteiger partial charge in [-0.25, -0.2) is 13.1 Å². The molecule has 1 fully saturated rings. The Morgan fingerprint density at radius 1 is 0.974 bits per heavy atom. The van der Waals surface area contributed by atoms with E-state index < -0.39 is 50.4 Å². The van der Waals surface area contributed by atoms with E-state index >= 15 is 0 Å². The van der Waals surface area contributed by atoms with Gasteiger partial charge in [0, 0.05) is 11.5 Å². The first-order valence-corrected chi connectivity index (χ1v) is 14.1. The van der Waals surface area contributed by atoms with Crippen molar-refractivity contribution in [1.29, 1.82) is 0 Å². The van der Waals surface area contributed by atoms with Crippen molar-refractivity contribution in [1.82, 2.24) is 4.72 Å². The lowest BCUT2D eigenvalue weighted by atomic mass is 9.74. The maximum absolute atomic E-state index is 13.4. The second kappa shape index (κ2) is 9.98. The third-order valence-corrected chi connectivity index (χ3v) is 8.77. The molecule has 2 heterocycles. The number of halogens is 3. The maximum atomic E-state index is 13.4. The van der Waals surface area contributed by atoms with E-state index in [2.05, 4.69) is 0 Å². The number of alkyl halides is 3. The van der Waals surface area contributed by atoms with Crippen LogP contribution in [0.3, 0.4) is 0 Å². The van der Waals surface area contributed by atoms with Crippen LogP contribution in [0.1, 0.15) is 50.3 Å². The number of carbonyl (C=O) groups excluding carboxylic acids is 1. The molecule has 1 N–H and O–H groups in total. The number of sulfonamides is 1. The molecule has 5 rings (SSSR count). The minimum atomic E-state index is -4.89. The van der Waals surface area contributed by atoms with Crippen molar-refractivity contribution in [2.24, 2.45) is 5.92 Å². The maximum Gasteiger partial charge on any atom is 0.417 e. The van der Waals surface area contributed by atoms with Crippen molar-refractivity contribution in [3.63, 3.8) is 0 Å². The predicted molar refractivity (Wildman–Crippen MR) is 138 cm³/mol. The van der Waals surface area contributed by atoms with E-state index in [1.807, 2.05) is 62.4 Å². The summed E-state index contributed by atoms with van der Waals surface area (Å²) in [5, 5.41) is 0. The van der Waals surface area contributed by atoms with Crippen LogP contribution in [0.4, 0.5) is 13.2 Å². The van der Waals surface area contributed by atoms with E-state index in [1.54, 1.807) is 4.72 Å². The fourth-order valence-electron chi connectivity index (χ4n) is 5.46. The lowest BCUT2D eigenvalue weighted by Gasteiger charge is -2.48. The largest absolute Gasteiger partial charge is 0.487 e. The number of carbonyl (C=O) groups is 1. The van der Waals surface area contributed by atoms with Crippen LogP contribution in [0.2, 0.25) is 0 Å². The Kier molecular flexibility index (Phi) is 6.97. The Labute approximate surface area is 225 Å². The van der Waals surface area contributed by atoms with Crippen LogP contribution >= 0.6 is 0 Å². The zero-order valence-corrected chi connectivity index (χ0v) is 22.2. The van der Waals surface area contributed by atoms with Crippen LogP contribution in [-0.2, 0) is 25.7 Å². The van der Waals surface area contributed by atoms with E-state index in [1.165, 1.54) is 6.07 Å². The van der Waals surface area contributed by atoms with Gasteiger partial charge in [0.15, 0.2) is 0 Å². The molecule has 0 saturated carbocycles. The minimum absolute atomic E-state index is 0.0160. The molecule has 0 spiro atoms. The molecule has 3 aromatic carbocycles. The number of nitrogens with one attached hydrogen (secondary N) is 1. The topological polar surface area (TPSA) is 81.7 Å².